The summed E-state index contributed by atoms with van der Waals surface area (Å²) in [6.07, 6.45) is 8.30. The van der Waals surface area contributed by atoms with Crippen LogP contribution in [0.15, 0.2) is 30.7 Å². The molecule has 2 heterocycles. The van der Waals surface area contributed by atoms with Gasteiger partial charge in [0.05, 0.1) is 31.0 Å². The topological polar surface area (TPSA) is 106 Å². The van der Waals surface area contributed by atoms with E-state index in [1.165, 1.54) is 25.7 Å². The number of anilines is 1. The molecule has 1 aliphatic heterocycles. The van der Waals surface area contributed by atoms with E-state index in [4.69, 9.17) is 10.1 Å². The first kappa shape index (κ1) is 22.6. The highest BCUT2D eigenvalue weighted by Crippen LogP contribution is 2.30. The zero-order valence-electron chi connectivity index (χ0n) is 18.8. The molecule has 1 saturated heterocycles. The number of hydrogen-bond donors (Lipinski definition) is 4. The van der Waals surface area contributed by atoms with Gasteiger partial charge in [-0.05, 0) is 49.3 Å². The lowest BCUT2D eigenvalue weighted by molar-refractivity contribution is 0.00540. The number of aliphatic hydroxyl groups is 1. The molecule has 0 radical (unpaired) electrons. The van der Waals surface area contributed by atoms with Crippen LogP contribution in [-0.2, 0) is 4.74 Å². The fourth-order valence-corrected chi connectivity index (χ4v) is 4.84. The van der Waals surface area contributed by atoms with Gasteiger partial charge in [-0.15, -0.1) is 0 Å². The monoisotopic (exact) mass is 438 g/mol. The number of rotatable bonds is 8. The number of ether oxygens (including phenoxy) is 1. The van der Waals surface area contributed by atoms with E-state index in [-0.39, 0.29) is 12.3 Å². The molecule has 32 heavy (non-hydrogen) atoms. The molecule has 1 aromatic heterocycles. The second-order valence-electron chi connectivity index (χ2n) is 8.64. The molecule has 4 rings (SSSR count). The summed E-state index contributed by atoms with van der Waals surface area (Å²) >= 11 is 0. The molecule has 0 bridgehead atoms. The highest BCUT2D eigenvalue weighted by atomic mass is 16.5. The van der Waals surface area contributed by atoms with E-state index < -0.39 is 0 Å². The Morgan fingerprint density at radius 2 is 2.00 bits per heavy atom. The maximum atomic E-state index is 9.45. The van der Waals surface area contributed by atoms with Crippen molar-refractivity contribution in [3.8, 4) is 0 Å². The van der Waals surface area contributed by atoms with Gasteiger partial charge in [0, 0.05) is 49.9 Å². The van der Waals surface area contributed by atoms with Crippen LogP contribution >= 0.6 is 0 Å². The summed E-state index contributed by atoms with van der Waals surface area (Å²) in [5.41, 5.74) is 2.55. The average Bonchev–Trinajstić information content (AvgIpc) is 2.86. The number of hydrogen-bond acceptors (Lipinski definition) is 8. The minimum Gasteiger partial charge on any atom is -0.393 e. The zero-order valence-corrected chi connectivity index (χ0v) is 18.8. The van der Waals surface area contributed by atoms with Crippen LogP contribution in [0.2, 0.25) is 0 Å². The fourth-order valence-electron chi connectivity index (χ4n) is 4.84. The van der Waals surface area contributed by atoms with Crippen LogP contribution in [0.3, 0.4) is 0 Å². The number of nitrogens with zero attached hydrogens (tertiary/aromatic N) is 3. The van der Waals surface area contributed by atoms with E-state index in [0.717, 1.165) is 55.1 Å². The van der Waals surface area contributed by atoms with Crippen LogP contribution in [0, 0.1) is 11.3 Å². The van der Waals surface area contributed by atoms with Gasteiger partial charge < -0.3 is 25.9 Å². The van der Waals surface area contributed by atoms with Crippen molar-refractivity contribution in [1.82, 2.24) is 20.2 Å². The van der Waals surface area contributed by atoms with Gasteiger partial charge in [0.1, 0.15) is 12.1 Å². The van der Waals surface area contributed by atoms with Crippen LogP contribution < -0.4 is 10.6 Å². The Bertz CT molecular complexity index is 949. The predicted octanol–water partition coefficient (Wildman–Crippen LogP) is 2.51. The molecule has 2 fully saturated rings. The molecule has 4 N–H and O–H groups in total. The van der Waals surface area contributed by atoms with Crippen molar-refractivity contribution in [2.24, 2.45) is 5.92 Å². The molecule has 2 aromatic rings. The second kappa shape index (κ2) is 10.8. The number of aromatic nitrogens is 2. The number of morpholine rings is 1. The molecule has 0 amide bonds. The van der Waals surface area contributed by atoms with Gasteiger partial charge in [-0.2, -0.15) is 0 Å². The van der Waals surface area contributed by atoms with E-state index in [1.54, 1.807) is 19.6 Å². The lowest BCUT2D eigenvalue weighted by Gasteiger charge is -2.38. The van der Waals surface area contributed by atoms with Crippen LogP contribution in [0.5, 0.6) is 0 Å². The van der Waals surface area contributed by atoms with Crippen LogP contribution in [0.1, 0.15) is 31.2 Å². The van der Waals surface area contributed by atoms with Gasteiger partial charge >= 0.3 is 0 Å². The highest BCUT2D eigenvalue weighted by molar-refractivity contribution is 6.23. The Kier molecular flexibility index (Phi) is 7.68. The minimum atomic E-state index is -0.310. The van der Waals surface area contributed by atoms with Crippen molar-refractivity contribution in [1.29, 1.82) is 5.41 Å². The van der Waals surface area contributed by atoms with Crippen LogP contribution in [0.4, 0.5) is 5.82 Å². The van der Waals surface area contributed by atoms with Gasteiger partial charge in [0.2, 0.25) is 0 Å². The Hall–Kier alpha value is -2.55. The van der Waals surface area contributed by atoms with Crippen LogP contribution in [0.25, 0.3) is 16.5 Å². The SMILES string of the molecule is CN/C=C(\C(=N)CO)c1ccc2ncnc(NCC3CCC(N4CCOCC4)CC3)c2c1. The Balaban J connectivity index is 1.43. The van der Waals surface area contributed by atoms with Gasteiger partial charge in [-0.1, -0.05) is 6.07 Å². The third-order valence-electron chi connectivity index (χ3n) is 6.65. The van der Waals surface area contributed by atoms with Crippen molar-refractivity contribution in [3.05, 3.63) is 36.3 Å². The van der Waals surface area contributed by atoms with E-state index in [1.807, 2.05) is 18.2 Å². The van der Waals surface area contributed by atoms with E-state index in [0.29, 0.717) is 17.5 Å². The minimum absolute atomic E-state index is 0.169. The fraction of sp³-hybridized carbons (Fsp3) is 0.542. The largest absolute Gasteiger partial charge is 0.393 e. The van der Waals surface area contributed by atoms with Crippen molar-refractivity contribution in [2.75, 3.05) is 51.8 Å². The van der Waals surface area contributed by atoms with E-state index >= 15 is 0 Å². The zero-order chi connectivity index (χ0) is 22.3. The van der Waals surface area contributed by atoms with Gasteiger partial charge in [-0.25, -0.2) is 9.97 Å². The van der Waals surface area contributed by atoms with Crippen molar-refractivity contribution in [2.45, 2.75) is 31.7 Å². The second-order valence-corrected chi connectivity index (χ2v) is 8.64. The molecule has 0 atom stereocenters. The summed E-state index contributed by atoms with van der Waals surface area (Å²) in [5.74, 6) is 1.47. The van der Waals surface area contributed by atoms with Crippen molar-refractivity contribution < 1.29 is 9.84 Å². The maximum absolute atomic E-state index is 9.45. The number of nitrogens with one attached hydrogen (secondary N) is 3. The Labute approximate surface area is 189 Å². The van der Waals surface area contributed by atoms with Gasteiger partial charge in [0.15, 0.2) is 0 Å². The third kappa shape index (κ3) is 5.26. The Morgan fingerprint density at radius 1 is 1.22 bits per heavy atom. The third-order valence-corrected chi connectivity index (χ3v) is 6.65. The summed E-state index contributed by atoms with van der Waals surface area (Å²) in [7, 11) is 1.79. The smallest absolute Gasteiger partial charge is 0.137 e. The molecule has 1 aliphatic carbocycles. The molecule has 8 nitrogen and oxygen atoms in total. The lowest BCUT2D eigenvalue weighted by Crippen LogP contribution is -2.45. The van der Waals surface area contributed by atoms with E-state index in [2.05, 4.69) is 25.5 Å². The van der Waals surface area contributed by atoms with E-state index in [9.17, 15) is 5.11 Å². The van der Waals surface area contributed by atoms with Crippen molar-refractivity contribution >= 4 is 28.0 Å². The summed E-state index contributed by atoms with van der Waals surface area (Å²) in [4.78, 5) is 11.5. The molecular formula is C24H34N6O2. The first-order valence-electron chi connectivity index (χ1n) is 11.6. The van der Waals surface area contributed by atoms with Gasteiger partial charge in [0.25, 0.3) is 0 Å². The molecule has 1 aromatic carbocycles. The van der Waals surface area contributed by atoms with Crippen molar-refractivity contribution in [3.63, 3.8) is 0 Å². The molecule has 0 unspecified atom stereocenters. The first-order valence-corrected chi connectivity index (χ1v) is 11.6. The predicted molar refractivity (Wildman–Crippen MR) is 128 cm³/mol. The number of aliphatic hydroxyl groups excluding tert-OH is 1. The summed E-state index contributed by atoms with van der Waals surface area (Å²) in [6.45, 7) is 4.47. The standard InChI is InChI=1S/C24H34N6O2/c1-26-14-21(22(25)15-31)18-4-7-23-20(12-18)24(29-16-28-23)27-13-17-2-5-19(6-3-17)30-8-10-32-11-9-30/h4,7,12,14,16-17,19,25-26,31H,2-3,5-6,8-11,13,15H2,1H3,(H,27,28,29)/b21-14-,25-22?. The first-order chi connectivity index (χ1) is 15.7. The highest BCUT2D eigenvalue weighted by Gasteiger charge is 2.27. The quantitative estimate of drug-likeness (QED) is 0.469. The molecule has 172 valence electrons. The molecule has 2 aliphatic rings. The number of benzene rings is 1. The van der Waals surface area contributed by atoms with Crippen LogP contribution in [-0.4, -0.2) is 78.2 Å². The molecule has 0 spiro atoms. The molecular weight excluding hydrogens is 404 g/mol. The molecule has 1 saturated carbocycles. The summed E-state index contributed by atoms with van der Waals surface area (Å²) in [5, 5.41) is 25.0. The Morgan fingerprint density at radius 3 is 2.72 bits per heavy atom. The van der Waals surface area contributed by atoms with Gasteiger partial charge in [-0.3, -0.25) is 4.90 Å². The molecule has 8 heteroatoms. The number of fused-ring (bicyclic) bond motifs is 1. The summed E-state index contributed by atoms with van der Waals surface area (Å²) < 4.78 is 5.50. The normalized spacial score (nSPS) is 22.6. The summed E-state index contributed by atoms with van der Waals surface area (Å²) in [6, 6.07) is 6.58. The lowest BCUT2D eigenvalue weighted by atomic mass is 9.85. The average molecular weight is 439 g/mol. The maximum Gasteiger partial charge on any atom is 0.137 e.